The Morgan fingerprint density at radius 3 is 2.32 bits per heavy atom. The molecule has 1 aromatic carbocycles. The standard InChI is InChI=1S/C21H33N5O5/c1-14(2)12-17(19(28)30-3)25-18(27)16(10-7-11-24-20(22)23)26-21(29)31-13-15-8-5-4-6-9-15/h4-6,8-9,14,16-17H,7,10-13H2,1-3H3,(H,25,27)(H,26,29)(H4,22,23,24)/t16-,17+/m1/s1. The molecule has 0 saturated carbocycles. The van der Waals surface area contributed by atoms with Crippen molar-refractivity contribution in [1.29, 1.82) is 0 Å². The van der Waals surface area contributed by atoms with Gasteiger partial charge in [-0.25, -0.2) is 9.59 Å². The Balaban J connectivity index is 2.77. The molecule has 0 fully saturated rings. The van der Waals surface area contributed by atoms with E-state index in [-0.39, 0.29) is 24.9 Å². The van der Waals surface area contributed by atoms with E-state index in [1.54, 1.807) is 0 Å². The second-order valence-corrected chi connectivity index (χ2v) is 7.42. The van der Waals surface area contributed by atoms with Crippen molar-refractivity contribution in [3.05, 3.63) is 35.9 Å². The van der Waals surface area contributed by atoms with Gasteiger partial charge in [0.2, 0.25) is 5.91 Å². The van der Waals surface area contributed by atoms with Gasteiger partial charge in [-0.3, -0.25) is 9.79 Å². The number of carbonyl (C=O) groups is 3. The van der Waals surface area contributed by atoms with Gasteiger partial charge in [-0.2, -0.15) is 0 Å². The molecule has 0 unspecified atom stereocenters. The van der Waals surface area contributed by atoms with Crippen molar-refractivity contribution >= 4 is 23.9 Å². The van der Waals surface area contributed by atoms with Crippen LogP contribution < -0.4 is 22.1 Å². The monoisotopic (exact) mass is 435 g/mol. The Bertz CT molecular complexity index is 735. The number of methoxy groups -OCH3 is 1. The minimum atomic E-state index is -0.934. The number of rotatable bonds is 12. The summed E-state index contributed by atoms with van der Waals surface area (Å²) in [6.45, 7) is 4.20. The molecule has 2 amide bonds. The summed E-state index contributed by atoms with van der Waals surface area (Å²) >= 11 is 0. The van der Waals surface area contributed by atoms with Gasteiger partial charge in [-0.05, 0) is 30.7 Å². The van der Waals surface area contributed by atoms with E-state index in [1.165, 1.54) is 7.11 Å². The first kappa shape index (κ1) is 25.7. The molecule has 0 aliphatic carbocycles. The highest BCUT2D eigenvalue weighted by Crippen LogP contribution is 2.08. The number of nitrogens with two attached hydrogens (primary N) is 2. The summed E-state index contributed by atoms with van der Waals surface area (Å²) in [5.74, 6) is -0.974. The van der Waals surface area contributed by atoms with Gasteiger partial charge in [0.05, 0.1) is 7.11 Å². The average molecular weight is 436 g/mol. The first-order valence-electron chi connectivity index (χ1n) is 10.1. The molecule has 10 heteroatoms. The Hall–Kier alpha value is -3.30. The van der Waals surface area contributed by atoms with Crippen molar-refractivity contribution < 1.29 is 23.9 Å². The number of hydrogen-bond acceptors (Lipinski definition) is 6. The van der Waals surface area contributed by atoms with Gasteiger partial charge in [-0.1, -0.05) is 44.2 Å². The number of ether oxygens (including phenoxy) is 2. The molecule has 172 valence electrons. The summed E-state index contributed by atoms with van der Waals surface area (Å²) in [5.41, 5.74) is 11.4. The molecule has 0 spiro atoms. The van der Waals surface area contributed by atoms with Crippen molar-refractivity contribution in [3.8, 4) is 0 Å². The van der Waals surface area contributed by atoms with Crippen molar-refractivity contribution in [2.75, 3.05) is 13.7 Å². The molecule has 0 aliphatic rings. The number of nitrogens with one attached hydrogen (secondary N) is 2. The molecule has 1 aromatic rings. The lowest BCUT2D eigenvalue weighted by molar-refractivity contribution is -0.145. The van der Waals surface area contributed by atoms with E-state index in [0.717, 1.165) is 5.56 Å². The molecular formula is C21H33N5O5. The molecule has 0 heterocycles. The van der Waals surface area contributed by atoms with Crippen LogP contribution in [0.4, 0.5) is 4.79 Å². The van der Waals surface area contributed by atoms with E-state index in [0.29, 0.717) is 19.4 Å². The lowest BCUT2D eigenvalue weighted by atomic mass is 10.0. The number of aliphatic imine (C=N–C) groups is 1. The van der Waals surface area contributed by atoms with Gasteiger partial charge >= 0.3 is 12.1 Å². The normalized spacial score (nSPS) is 12.4. The van der Waals surface area contributed by atoms with Gasteiger partial charge < -0.3 is 31.6 Å². The fraction of sp³-hybridized carbons (Fsp3) is 0.524. The molecule has 0 saturated heterocycles. The molecular weight excluding hydrogens is 402 g/mol. The minimum absolute atomic E-state index is 0.0566. The summed E-state index contributed by atoms with van der Waals surface area (Å²) in [6.07, 6.45) is 0.336. The van der Waals surface area contributed by atoms with Crippen LogP contribution in [-0.4, -0.2) is 49.7 Å². The van der Waals surface area contributed by atoms with Gasteiger partial charge in [0.1, 0.15) is 18.7 Å². The molecule has 10 nitrogen and oxygen atoms in total. The first-order valence-corrected chi connectivity index (χ1v) is 10.1. The van der Waals surface area contributed by atoms with E-state index in [4.69, 9.17) is 20.9 Å². The highest BCUT2D eigenvalue weighted by molar-refractivity contribution is 5.89. The summed E-state index contributed by atoms with van der Waals surface area (Å²) in [7, 11) is 1.26. The van der Waals surface area contributed by atoms with E-state index in [9.17, 15) is 14.4 Å². The number of guanidine groups is 1. The third kappa shape index (κ3) is 10.9. The maximum atomic E-state index is 12.8. The predicted octanol–water partition coefficient (Wildman–Crippen LogP) is 1.04. The zero-order valence-corrected chi connectivity index (χ0v) is 18.3. The van der Waals surface area contributed by atoms with Crippen LogP contribution in [0.15, 0.2) is 35.3 Å². The van der Waals surface area contributed by atoms with Crippen LogP contribution in [0, 0.1) is 5.92 Å². The third-order valence-electron chi connectivity index (χ3n) is 4.28. The van der Waals surface area contributed by atoms with Crippen LogP contribution in [0.5, 0.6) is 0 Å². The number of esters is 1. The van der Waals surface area contributed by atoms with Gasteiger partial charge in [0.15, 0.2) is 5.96 Å². The molecule has 1 rings (SSSR count). The quantitative estimate of drug-likeness (QED) is 0.165. The molecule has 2 atom stereocenters. The first-order chi connectivity index (χ1) is 14.7. The Labute approximate surface area is 182 Å². The largest absolute Gasteiger partial charge is 0.467 e. The van der Waals surface area contributed by atoms with Gasteiger partial charge in [0.25, 0.3) is 0 Å². The smallest absolute Gasteiger partial charge is 0.408 e. The number of alkyl carbamates (subject to hydrolysis) is 1. The van der Waals surface area contributed by atoms with E-state index in [2.05, 4.69) is 15.6 Å². The van der Waals surface area contributed by atoms with Gasteiger partial charge in [0, 0.05) is 6.54 Å². The summed E-state index contributed by atoms with van der Waals surface area (Å²) < 4.78 is 9.98. The number of benzene rings is 1. The number of hydrogen-bond donors (Lipinski definition) is 4. The van der Waals surface area contributed by atoms with Crippen molar-refractivity contribution in [2.45, 2.75) is 51.8 Å². The number of carbonyl (C=O) groups excluding carboxylic acids is 3. The van der Waals surface area contributed by atoms with Crippen molar-refractivity contribution in [2.24, 2.45) is 22.4 Å². The molecule has 0 aliphatic heterocycles. The van der Waals surface area contributed by atoms with E-state index in [1.807, 2.05) is 44.2 Å². The SMILES string of the molecule is COC(=O)[C@H](CC(C)C)NC(=O)[C@@H](CCCN=C(N)N)NC(=O)OCc1ccccc1. The Kier molecular flexibility index (Phi) is 11.5. The highest BCUT2D eigenvalue weighted by atomic mass is 16.5. The van der Waals surface area contributed by atoms with E-state index < -0.39 is 30.1 Å². The van der Waals surface area contributed by atoms with Crippen LogP contribution in [0.2, 0.25) is 0 Å². The second-order valence-electron chi connectivity index (χ2n) is 7.42. The maximum absolute atomic E-state index is 12.8. The summed E-state index contributed by atoms with van der Waals surface area (Å²) in [6, 6.07) is 7.40. The molecule has 0 radical (unpaired) electrons. The topological polar surface area (TPSA) is 158 Å². The minimum Gasteiger partial charge on any atom is -0.467 e. The average Bonchev–Trinajstić information content (AvgIpc) is 2.73. The second kappa shape index (κ2) is 13.8. The fourth-order valence-corrected chi connectivity index (χ4v) is 2.78. The van der Waals surface area contributed by atoms with Gasteiger partial charge in [-0.15, -0.1) is 0 Å². The third-order valence-corrected chi connectivity index (χ3v) is 4.28. The fourth-order valence-electron chi connectivity index (χ4n) is 2.78. The van der Waals surface area contributed by atoms with Crippen LogP contribution >= 0.6 is 0 Å². The molecule has 0 aromatic heterocycles. The number of amides is 2. The lowest BCUT2D eigenvalue weighted by Gasteiger charge is -2.23. The van der Waals surface area contributed by atoms with Crippen LogP contribution in [-0.2, 0) is 25.7 Å². The van der Waals surface area contributed by atoms with Crippen LogP contribution in [0.3, 0.4) is 0 Å². The summed E-state index contributed by atoms with van der Waals surface area (Å²) in [5, 5.41) is 5.21. The van der Waals surface area contributed by atoms with Crippen LogP contribution in [0.25, 0.3) is 0 Å². The molecule has 6 N–H and O–H groups in total. The Morgan fingerprint density at radius 2 is 1.74 bits per heavy atom. The molecule has 31 heavy (non-hydrogen) atoms. The van der Waals surface area contributed by atoms with E-state index >= 15 is 0 Å². The zero-order valence-electron chi connectivity index (χ0n) is 18.3. The maximum Gasteiger partial charge on any atom is 0.408 e. The Morgan fingerprint density at radius 1 is 1.06 bits per heavy atom. The number of nitrogens with zero attached hydrogens (tertiary/aromatic N) is 1. The van der Waals surface area contributed by atoms with Crippen molar-refractivity contribution in [1.82, 2.24) is 10.6 Å². The predicted molar refractivity (Wildman–Crippen MR) is 117 cm³/mol. The zero-order chi connectivity index (χ0) is 23.2. The highest BCUT2D eigenvalue weighted by Gasteiger charge is 2.28. The van der Waals surface area contributed by atoms with Crippen molar-refractivity contribution in [3.63, 3.8) is 0 Å². The van der Waals surface area contributed by atoms with Crippen LogP contribution in [0.1, 0.15) is 38.7 Å². The summed E-state index contributed by atoms with van der Waals surface area (Å²) in [4.78, 5) is 41.0. The lowest BCUT2D eigenvalue weighted by Crippen LogP contribution is -2.52. The molecule has 0 bridgehead atoms.